The van der Waals surface area contributed by atoms with Gasteiger partial charge in [-0.05, 0) is 19.1 Å². The molecule has 16 heavy (non-hydrogen) atoms. The summed E-state index contributed by atoms with van der Waals surface area (Å²) in [7, 11) is 0. The number of rotatable bonds is 1. The van der Waals surface area contributed by atoms with Gasteiger partial charge < -0.3 is 9.47 Å². The van der Waals surface area contributed by atoms with Crippen molar-refractivity contribution < 1.29 is 27.4 Å². The third-order valence-electron chi connectivity index (χ3n) is 2.20. The summed E-state index contributed by atoms with van der Waals surface area (Å²) in [5, 5.41) is 0. The van der Waals surface area contributed by atoms with E-state index in [1.165, 1.54) is 0 Å². The van der Waals surface area contributed by atoms with Crippen LogP contribution in [0.25, 0.3) is 0 Å². The van der Waals surface area contributed by atoms with E-state index in [0.717, 1.165) is 19.1 Å². The summed E-state index contributed by atoms with van der Waals surface area (Å²) < 4.78 is 47.7. The molecular weight excluding hydrogens is 225 g/mol. The molecule has 0 bridgehead atoms. The summed E-state index contributed by atoms with van der Waals surface area (Å²) in [6.07, 6.45) is -4.58. The summed E-state index contributed by atoms with van der Waals surface area (Å²) in [6, 6.07) is 1.97. The maximum atomic E-state index is 12.6. The van der Waals surface area contributed by atoms with E-state index in [9.17, 15) is 18.0 Å². The maximum Gasteiger partial charge on any atom is 0.417 e. The van der Waals surface area contributed by atoms with Gasteiger partial charge in [-0.15, -0.1) is 0 Å². The number of hydrogen-bond donors (Lipinski definition) is 0. The van der Waals surface area contributed by atoms with Gasteiger partial charge in [0.15, 0.2) is 17.3 Å². The maximum absolute atomic E-state index is 12.6. The van der Waals surface area contributed by atoms with E-state index in [-0.39, 0.29) is 18.3 Å². The van der Waals surface area contributed by atoms with Gasteiger partial charge in [0, 0.05) is 0 Å². The van der Waals surface area contributed by atoms with Gasteiger partial charge in [0.05, 0.1) is 11.1 Å². The molecule has 0 N–H and O–H groups in total. The molecule has 3 nitrogen and oxygen atoms in total. The minimum atomic E-state index is -4.58. The van der Waals surface area contributed by atoms with E-state index in [1.54, 1.807) is 0 Å². The number of alkyl halides is 3. The van der Waals surface area contributed by atoms with E-state index in [2.05, 4.69) is 0 Å². The van der Waals surface area contributed by atoms with Gasteiger partial charge in [0.25, 0.3) is 0 Å². The molecular formula is C10H7F3O3. The van der Waals surface area contributed by atoms with Crippen LogP contribution in [0.5, 0.6) is 11.5 Å². The Morgan fingerprint density at radius 3 is 2.56 bits per heavy atom. The van der Waals surface area contributed by atoms with Crippen molar-refractivity contribution in [2.75, 3.05) is 6.79 Å². The van der Waals surface area contributed by atoms with Gasteiger partial charge >= 0.3 is 6.18 Å². The molecule has 0 amide bonds. The highest BCUT2D eigenvalue weighted by atomic mass is 19.4. The lowest BCUT2D eigenvalue weighted by molar-refractivity contribution is -0.138. The zero-order chi connectivity index (χ0) is 11.9. The van der Waals surface area contributed by atoms with E-state index in [4.69, 9.17) is 9.47 Å². The topological polar surface area (TPSA) is 35.5 Å². The van der Waals surface area contributed by atoms with Crippen molar-refractivity contribution in [3.63, 3.8) is 0 Å². The largest absolute Gasteiger partial charge is 0.454 e. The predicted molar refractivity (Wildman–Crippen MR) is 47.6 cm³/mol. The molecule has 0 radical (unpaired) electrons. The number of carbonyl (C=O) groups is 1. The molecule has 86 valence electrons. The van der Waals surface area contributed by atoms with E-state index < -0.39 is 23.1 Å². The average molecular weight is 232 g/mol. The zero-order valence-electron chi connectivity index (χ0n) is 8.22. The molecule has 0 aliphatic carbocycles. The van der Waals surface area contributed by atoms with Crippen LogP contribution in [0.1, 0.15) is 22.8 Å². The first-order valence-electron chi connectivity index (χ1n) is 4.42. The van der Waals surface area contributed by atoms with E-state index >= 15 is 0 Å². The molecule has 1 aliphatic rings. The summed E-state index contributed by atoms with van der Waals surface area (Å²) in [4.78, 5) is 11.2. The minimum Gasteiger partial charge on any atom is -0.454 e. The lowest BCUT2D eigenvalue weighted by Crippen LogP contribution is -2.12. The smallest absolute Gasteiger partial charge is 0.417 e. The first-order chi connectivity index (χ1) is 7.41. The Kier molecular flexibility index (Phi) is 2.29. The zero-order valence-corrected chi connectivity index (χ0v) is 8.22. The van der Waals surface area contributed by atoms with Crippen molar-refractivity contribution in [2.45, 2.75) is 13.1 Å². The van der Waals surface area contributed by atoms with E-state index in [1.807, 2.05) is 0 Å². The molecule has 1 aliphatic heterocycles. The first kappa shape index (κ1) is 10.8. The van der Waals surface area contributed by atoms with Gasteiger partial charge in [0.1, 0.15) is 0 Å². The molecule has 0 fully saturated rings. The van der Waals surface area contributed by atoms with Crippen molar-refractivity contribution in [1.29, 1.82) is 0 Å². The molecule has 0 spiro atoms. The van der Waals surface area contributed by atoms with Crippen LogP contribution in [0.2, 0.25) is 0 Å². The normalized spacial score (nSPS) is 14.0. The molecule has 6 heteroatoms. The Morgan fingerprint density at radius 1 is 1.31 bits per heavy atom. The Hall–Kier alpha value is -1.72. The molecule has 0 aromatic heterocycles. The SMILES string of the molecule is CC(=O)c1c(C(F)(F)F)ccc2c1OCO2. The molecule has 0 saturated heterocycles. The fourth-order valence-electron chi connectivity index (χ4n) is 1.56. The highest BCUT2D eigenvalue weighted by molar-refractivity contribution is 5.99. The standard InChI is InChI=1S/C10H7F3O3/c1-5(14)8-6(10(11,12)13)2-3-7-9(8)16-4-15-7/h2-3H,4H2,1H3. The number of ketones is 1. The number of carbonyl (C=O) groups excluding carboxylic acids is 1. The quantitative estimate of drug-likeness (QED) is 0.698. The van der Waals surface area contributed by atoms with Gasteiger partial charge in [-0.1, -0.05) is 0 Å². The Bertz CT molecular complexity index is 451. The lowest BCUT2D eigenvalue weighted by atomic mass is 10.0. The van der Waals surface area contributed by atoms with E-state index in [0.29, 0.717) is 0 Å². The van der Waals surface area contributed by atoms with Crippen LogP contribution in [-0.4, -0.2) is 12.6 Å². The Balaban J connectivity index is 2.68. The molecule has 0 saturated carbocycles. The summed E-state index contributed by atoms with van der Waals surface area (Å²) in [5.41, 5.74) is -1.47. The third kappa shape index (κ3) is 1.60. The average Bonchev–Trinajstić information content (AvgIpc) is 2.61. The van der Waals surface area contributed by atoms with Crippen LogP contribution < -0.4 is 9.47 Å². The number of ether oxygens (including phenoxy) is 2. The molecule has 1 aromatic rings. The van der Waals surface area contributed by atoms with Crippen molar-refractivity contribution in [2.24, 2.45) is 0 Å². The van der Waals surface area contributed by atoms with Crippen LogP contribution in [-0.2, 0) is 6.18 Å². The van der Waals surface area contributed by atoms with Crippen LogP contribution in [0.15, 0.2) is 12.1 Å². The summed E-state index contributed by atoms with van der Waals surface area (Å²) in [6.45, 7) is 0.892. The Labute approximate surface area is 88.8 Å². The van der Waals surface area contributed by atoms with Crippen molar-refractivity contribution in [1.82, 2.24) is 0 Å². The van der Waals surface area contributed by atoms with Crippen LogP contribution >= 0.6 is 0 Å². The molecule has 0 atom stereocenters. The number of hydrogen-bond acceptors (Lipinski definition) is 3. The van der Waals surface area contributed by atoms with Crippen molar-refractivity contribution >= 4 is 5.78 Å². The third-order valence-corrected chi connectivity index (χ3v) is 2.20. The highest BCUT2D eigenvalue weighted by Crippen LogP contribution is 2.43. The summed E-state index contributed by atoms with van der Waals surface area (Å²) >= 11 is 0. The monoisotopic (exact) mass is 232 g/mol. The second-order valence-electron chi connectivity index (χ2n) is 3.28. The second-order valence-corrected chi connectivity index (χ2v) is 3.28. The van der Waals surface area contributed by atoms with Crippen molar-refractivity contribution in [3.05, 3.63) is 23.3 Å². The molecule has 2 rings (SSSR count). The van der Waals surface area contributed by atoms with Crippen LogP contribution in [0.3, 0.4) is 0 Å². The first-order valence-corrected chi connectivity index (χ1v) is 4.42. The summed E-state index contributed by atoms with van der Waals surface area (Å²) in [5.74, 6) is -0.657. The Morgan fingerprint density at radius 2 is 2.00 bits per heavy atom. The van der Waals surface area contributed by atoms with Gasteiger partial charge in [-0.25, -0.2) is 0 Å². The highest BCUT2D eigenvalue weighted by Gasteiger charge is 2.38. The van der Waals surface area contributed by atoms with Crippen LogP contribution in [0.4, 0.5) is 13.2 Å². The number of halogens is 3. The van der Waals surface area contributed by atoms with Gasteiger partial charge in [0.2, 0.25) is 6.79 Å². The van der Waals surface area contributed by atoms with Crippen LogP contribution in [0, 0.1) is 0 Å². The second kappa shape index (κ2) is 3.40. The minimum absolute atomic E-state index is 0.123. The molecule has 1 heterocycles. The number of benzene rings is 1. The fourth-order valence-corrected chi connectivity index (χ4v) is 1.56. The molecule has 0 unspecified atom stereocenters. The van der Waals surface area contributed by atoms with Gasteiger partial charge in [-0.2, -0.15) is 13.2 Å². The van der Waals surface area contributed by atoms with Gasteiger partial charge in [-0.3, -0.25) is 4.79 Å². The lowest BCUT2D eigenvalue weighted by Gasteiger charge is -2.12. The predicted octanol–water partition coefficient (Wildman–Crippen LogP) is 2.64. The number of fused-ring (bicyclic) bond motifs is 1. The fraction of sp³-hybridized carbons (Fsp3) is 0.300. The number of Topliss-reactive ketones (excluding diaryl/α,β-unsaturated/α-hetero) is 1. The molecule has 1 aromatic carbocycles. The van der Waals surface area contributed by atoms with Crippen molar-refractivity contribution in [3.8, 4) is 11.5 Å².